The van der Waals surface area contributed by atoms with Crippen LogP contribution in [0.3, 0.4) is 0 Å². The topological polar surface area (TPSA) is 55.4 Å². The van der Waals surface area contributed by atoms with Gasteiger partial charge in [-0.15, -0.1) is 0 Å². The van der Waals surface area contributed by atoms with E-state index in [1.807, 2.05) is 18.2 Å². The minimum absolute atomic E-state index is 0. The van der Waals surface area contributed by atoms with Crippen LogP contribution in [0, 0.1) is 48.5 Å². The molecule has 0 atom stereocenters. The van der Waals surface area contributed by atoms with Crippen LogP contribution in [0.15, 0.2) is 36.4 Å². The molecular weight excluding hydrogens is 711 g/mol. The van der Waals surface area contributed by atoms with Crippen molar-refractivity contribution in [1.29, 1.82) is 0 Å². The van der Waals surface area contributed by atoms with Crippen LogP contribution in [0.5, 0.6) is 34.5 Å². The summed E-state index contributed by atoms with van der Waals surface area (Å²) >= 11 is 0. The molecule has 0 radical (unpaired) electrons. The minimum atomic E-state index is -3.45. The van der Waals surface area contributed by atoms with E-state index in [9.17, 15) is 0 Å². The molecule has 6 nitrogen and oxygen atoms in total. The van der Waals surface area contributed by atoms with Gasteiger partial charge < -0.3 is 65.6 Å². The molecule has 0 aromatic heterocycles. The fourth-order valence-corrected chi connectivity index (χ4v) is 13.0. The third kappa shape index (κ3) is 7.31. The maximum atomic E-state index is 6.30. The molecule has 0 spiro atoms. The molecule has 4 aromatic carbocycles. The number of hydrogen-bond donors (Lipinski definition) is 0. The Morgan fingerprint density at radius 2 is 0.766 bits per heavy atom. The van der Waals surface area contributed by atoms with Crippen molar-refractivity contribution in [3.05, 3.63) is 75.3 Å². The fraction of sp³-hybridized carbons (Fsp3) is 0.361. The van der Waals surface area contributed by atoms with Crippen LogP contribution >= 0.6 is 0 Å². The van der Waals surface area contributed by atoms with Crippen LogP contribution in [0.2, 0.25) is 0 Å². The summed E-state index contributed by atoms with van der Waals surface area (Å²) in [5, 5.41) is 4.34. The van der Waals surface area contributed by atoms with E-state index < -0.39 is 8.07 Å². The SMILES string of the molecule is COc1cc(C)cc([Si](c2cc(C)cc(OC)c2OC)(c2cc(C)cc(OC)c2OC)c2c(C)c(C)c(C)[c-]2C)c1OC.[Cl-].[Cl-].[Cl-].[Ti+4]. The smallest absolute Gasteiger partial charge is 1.00 e. The Bertz CT molecular complexity index is 1510. The quantitative estimate of drug-likeness (QED) is 0.0937. The number of halogens is 3. The Morgan fingerprint density at radius 1 is 0.468 bits per heavy atom. The van der Waals surface area contributed by atoms with Crippen molar-refractivity contribution in [1.82, 2.24) is 0 Å². The molecule has 4 aromatic rings. The summed E-state index contributed by atoms with van der Waals surface area (Å²) in [7, 11) is 6.73. The third-order valence-electron chi connectivity index (χ3n) is 8.89. The van der Waals surface area contributed by atoms with Crippen LogP contribution in [0.25, 0.3) is 0 Å². The molecule has 254 valence electrons. The van der Waals surface area contributed by atoms with E-state index in [2.05, 4.69) is 66.7 Å². The second-order valence-electron chi connectivity index (χ2n) is 11.3. The van der Waals surface area contributed by atoms with Gasteiger partial charge in [-0.3, -0.25) is 0 Å². The van der Waals surface area contributed by atoms with E-state index >= 15 is 0 Å². The van der Waals surface area contributed by atoms with Crippen molar-refractivity contribution in [2.75, 3.05) is 42.7 Å². The number of benzene rings is 3. The molecular formula is C36H45Cl3O6SiTi. The summed E-state index contributed by atoms with van der Waals surface area (Å²) in [4.78, 5) is 0. The van der Waals surface area contributed by atoms with Crippen LogP contribution in [0.1, 0.15) is 38.9 Å². The maximum Gasteiger partial charge on any atom is 4.00 e. The zero-order chi connectivity index (χ0) is 31.8. The average molecular weight is 756 g/mol. The van der Waals surface area contributed by atoms with Gasteiger partial charge in [0, 0.05) is 0 Å². The normalized spacial score (nSPS) is 10.4. The van der Waals surface area contributed by atoms with Crippen LogP contribution < -0.4 is 86.4 Å². The first-order chi connectivity index (χ1) is 20.5. The van der Waals surface area contributed by atoms with Gasteiger partial charge in [0.25, 0.3) is 0 Å². The number of ether oxygens (including phenoxy) is 6. The summed E-state index contributed by atoms with van der Waals surface area (Å²) in [5.74, 6) is 4.05. The van der Waals surface area contributed by atoms with Gasteiger partial charge in [-0.25, -0.2) is 0 Å². The van der Waals surface area contributed by atoms with E-state index in [1.54, 1.807) is 42.7 Å². The Balaban J connectivity index is 0.00000529. The maximum absolute atomic E-state index is 6.30. The molecule has 0 fully saturated rings. The molecule has 0 aliphatic rings. The summed E-state index contributed by atoms with van der Waals surface area (Å²) < 4.78 is 36.8. The van der Waals surface area contributed by atoms with E-state index in [0.29, 0.717) is 34.5 Å². The van der Waals surface area contributed by atoms with E-state index in [0.717, 1.165) is 32.3 Å². The molecule has 0 saturated carbocycles. The van der Waals surface area contributed by atoms with Crippen molar-refractivity contribution in [3.63, 3.8) is 0 Å². The van der Waals surface area contributed by atoms with E-state index in [-0.39, 0.29) is 58.9 Å². The molecule has 0 amide bonds. The van der Waals surface area contributed by atoms with Crippen LogP contribution in [-0.2, 0) is 21.7 Å². The number of hydrogen-bond acceptors (Lipinski definition) is 6. The molecule has 0 unspecified atom stereocenters. The Labute approximate surface area is 315 Å². The standard InChI is InChI=1S/C36H45O6Si.3ClH.Ti/c1-20-14-27(37-8)33(40-11)30(17-20)43(36-25(6)23(4)24(5)26(36)7,31-18-21(2)15-28(38-9)34(31)41-12)32-19-22(3)16-29(39-10)35(32)42-13;;;;/h14-19H,1-13H3;3*1H;/q-1;;;;+4/p-3. The van der Waals surface area contributed by atoms with Crippen molar-refractivity contribution in [2.24, 2.45) is 0 Å². The second-order valence-corrected chi connectivity index (χ2v) is 14.9. The summed E-state index contributed by atoms with van der Waals surface area (Å²) in [6.07, 6.45) is 0. The zero-order valence-corrected chi connectivity index (χ0v) is 34.4. The largest absolute Gasteiger partial charge is 4.00 e. The molecule has 0 saturated heterocycles. The minimum Gasteiger partial charge on any atom is -1.00 e. The zero-order valence-electron chi connectivity index (χ0n) is 29.5. The number of rotatable bonds is 10. The van der Waals surface area contributed by atoms with Crippen LogP contribution in [-0.4, -0.2) is 50.7 Å². The van der Waals surface area contributed by atoms with Gasteiger partial charge in [0.2, 0.25) is 0 Å². The molecule has 0 bridgehead atoms. The molecule has 0 aliphatic carbocycles. The van der Waals surface area contributed by atoms with Gasteiger partial charge in [-0.2, -0.15) is 27.4 Å². The van der Waals surface area contributed by atoms with Gasteiger partial charge in [-0.05, 0) is 71.2 Å². The number of methoxy groups -OCH3 is 6. The molecule has 47 heavy (non-hydrogen) atoms. The van der Waals surface area contributed by atoms with E-state index in [1.165, 1.54) is 27.4 Å². The molecule has 11 heteroatoms. The number of aryl methyl sites for hydroxylation is 3. The van der Waals surface area contributed by atoms with Crippen LogP contribution in [0.4, 0.5) is 0 Å². The first kappa shape index (κ1) is 44.6. The Morgan fingerprint density at radius 3 is 0.979 bits per heavy atom. The van der Waals surface area contributed by atoms with Crippen molar-refractivity contribution in [2.45, 2.75) is 48.5 Å². The van der Waals surface area contributed by atoms with Gasteiger partial charge in [0.1, 0.15) is 0 Å². The summed E-state index contributed by atoms with van der Waals surface area (Å²) in [6.45, 7) is 15.1. The second kappa shape index (κ2) is 17.8. The monoisotopic (exact) mass is 754 g/mol. The first-order valence-electron chi connectivity index (χ1n) is 14.4. The fourth-order valence-electron chi connectivity index (χ4n) is 6.76. The summed E-state index contributed by atoms with van der Waals surface area (Å²) in [5.41, 5.74) is 8.15. The van der Waals surface area contributed by atoms with E-state index in [4.69, 9.17) is 28.4 Å². The third-order valence-corrected chi connectivity index (χ3v) is 13.9. The molecule has 0 aliphatic heterocycles. The molecule has 4 rings (SSSR count). The first-order valence-corrected chi connectivity index (χ1v) is 16.4. The van der Waals surface area contributed by atoms with Gasteiger partial charge in [-0.1, -0.05) is 45.9 Å². The molecule has 0 heterocycles. The predicted octanol–water partition coefficient (Wildman–Crippen LogP) is -4.00. The Kier molecular flexibility index (Phi) is 16.9. The Hall–Kier alpha value is -2.39. The van der Waals surface area contributed by atoms with Gasteiger partial charge in [0.05, 0.1) is 42.7 Å². The predicted molar refractivity (Wildman–Crippen MR) is 178 cm³/mol. The molecule has 0 N–H and O–H groups in total. The van der Waals surface area contributed by atoms with Gasteiger partial charge >= 0.3 is 21.7 Å². The summed E-state index contributed by atoms with van der Waals surface area (Å²) in [6, 6.07) is 12.8. The van der Waals surface area contributed by atoms with Crippen molar-refractivity contribution >= 4 is 28.8 Å². The van der Waals surface area contributed by atoms with Crippen molar-refractivity contribution in [3.8, 4) is 34.5 Å². The van der Waals surface area contributed by atoms with Crippen molar-refractivity contribution < 1.29 is 87.4 Å². The average Bonchev–Trinajstić information content (AvgIpc) is 3.19. The van der Waals surface area contributed by atoms with Gasteiger partial charge in [0.15, 0.2) is 42.6 Å².